The van der Waals surface area contributed by atoms with Crippen molar-refractivity contribution in [3.05, 3.63) is 70.1 Å². The summed E-state index contributed by atoms with van der Waals surface area (Å²) in [6.07, 6.45) is 1.60. The highest BCUT2D eigenvalue weighted by Gasteiger charge is 2.42. The van der Waals surface area contributed by atoms with Gasteiger partial charge in [0.25, 0.3) is 11.5 Å². The zero-order valence-electron chi connectivity index (χ0n) is 17.9. The Labute approximate surface area is 185 Å². The Morgan fingerprint density at radius 1 is 1.06 bits per heavy atom. The molecule has 5 rings (SSSR count). The molecule has 3 heterocycles. The number of para-hydroxylation sites is 1. The first-order chi connectivity index (χ1) is 15.5. The van der Waals surface area contributed by atoms with E-state index in [1.165, 1.54) is 4.68 Å². The third kappa shape index (κ3) is 3.41. The van der Waals surface area contributed by atoms with Gasteiger partial charge in [-0.1, -0.05) is 30.3 Å². The Kier molecular flexibility index (Phi) is 4.92. The third-order valence-corrected chi connectivity index (χ3v) is 6.31. The summed E-state index contributed by atoms with van der Waals surface area (Å²) < 4.78 is 1.41. The van der Waals surface area contributed by atoms with Crippen LogP contribution in [-0.4, -0.2) is 45.2 Å². The van der Waals surface area contributed by atoms with E-state index in [1.54, 1.807) is 17.0 Å². The predicted molar refractivity (Wildman–Crippen MR) is 121 cm³/mol. The second-order valence-corrected chi connectivity index (χ2v) is 8.42. The van der Waals surface area contributed by atoms with E-state index in [0.29, 0.717) is 41.7 Å². The lowest BCUT2D eigenvalue weighted by Crippen LogP contribution is -2.66. The summed E-state index contributed by atoms with van der Waals surface area (Å²) >= 11 is 0. The molecule has 2 amide bonds. The lowest BCUT2D eigenvalue weighted by molar-refractivity contribution is -0.132. The summed E-state index contributed by atoms with van der Waals surface area (Å²) in [5, 5.41) is 12.3. The summed E-state index contributed by atoms with van der Waals surface area (Å²) in [5.74, 6) is -0.200. The summed E-state index contributed by atoms with van der Waals surface area (Å²) in [6, 6.07) is 14.7. The fraction of sp³-hybridized carbons (Fsp3) is 0.333. The van der Waals surface area contributed by atoms with Gasteiger partial charge in [0, 0.05) is 24.2 Å². The minimum Gasteiger partial charge on any atom is -0.361 e. The zero-order valence-corrected chi connectivity index (χ0v) is 17.9. The van der Waals surface area contributed by atoms with E-state index in [9.17, 15) is 14.4 Å². The fourth-order valence-electron chi connectivity index (χ4n) is 4.74. The van der Waals surface area contributed by atoms with Crippen molar-refractivity contribution in [2.45, 2.75) is 38.4 Å². The molecule has 1 unspecified atom stereocenters. The van der Waals surface area contributed by atoms with Crippen LogP contribution in [0.5, 0.6) is 0 Å². The van der Waals surface area contributed by atoms with Gasteiger partial charge in [-0.3, -0.25) is 14.4 Å². The number of anilines is 1. The Morgan fingerprint density at radius 2 is 1.81 bits per heavy atom. The van der Waals surface area contributed by atoms with Crippen LogP contribution in [0.25, 0.3) is 10.8 Å². The number of amides is 2. The Bertz CT molecular complexity index is 1280. The summed E-state index contributed by atoms with van der Waals surface area (Å²) in [6.45, 7) is 3.29. The van der Waals surface area contributed by atoms with Crippen LogP contribution in [0.3, 0.4) is 0 Å². The number of nitrogens with one attached hydrogen (secondary N) is 2. The van der Waals surface area contributed by atoms with Gasteiger partial charge in [0.2, 0.25) is 5.91 Å². The van der Waals surface area contributed by atoms with E-state index in [-0.39, 0.29) is 23.8 Å². The van der Waals surface area contributed by atoms with Crippen molar-refractivity contribution < 1.29 is 9.59 Å². The molecule has 8 heteroatoms. The van der Waals surface area contributed by atoms with Gasteiger partial charge < -0.3 is 15.5 Å². The lowest BCUT2D eigenvalue weighted by atomic mass is 9.93. The molecule has 2 aliphatic rings. The van der Waals surface area contributed by atoms with Crippen molar-refractivity contribution in [1.82, 2.24) is 20.0 Å². The molecule has 1 saturated heterocycles. The van der Waals surface area contributed by atoms with Gasteiger partial charge in [-0.15, -0.1) is 0 Å². The highest BCUT2D eigenvalue weighted by molar-refractivity contribution is 6.02. The molecule has 1 spiro atoms. The molecule has 164 valence electrons. The molecule has 2 N–H and O–H groups in total. The molecule has 2 aromatic carbocycles. The normalized spacial score (nSPS) is 20.0. The standard InChI is InChI=1S/C24H25N5O3/c1-2-29-23(32)17-9-4-3-8-16(17)20(27-29)14-21(30)28-13-7-12-24(15-28)25-19-11-6-5-10-18(19)22(31)26-24/h3-6,8-11,25H,2,7,12-15H2,1H3,(H,26,31). The van der Waals surface area contributed by atoms with Crippen molar-refractivity contribution in [1.29, 1.82) is 0 Å². The Hall–Kier alpha value is -3.68. The number of aromatic nitrogens is 2. The highest BCUT2D eigenvalue weighted by Crippen LogP contribution is 2.30. The van der Waals surface area contributed by atoms with Crippen molar-refractivity contribution in [2.24, 2.45) is 0 Å². The van der Waals surface area contributed by atoms with Gasteiger partial charge in [-0.25, -0.2) is 4.68 Å². The predicted octanol–water partition coefficient (Wildman–Crippen LogP) is 2.13. The first-order valence-corrected chi connectivity index (χ1v) is 11.0. The number of carbonyl (C=O) groups is 2. The molecule has 3 aromatic rings. The molecule has 1 fully saturated rings. The molecule has 0 radical (unpaired) electrons. The van der Waals surface area contributed by atoms with Crippen LogP contribution in [0, 0.1) is 0 Å². The largest absolute Gasteiger partial charge is 0.361 e. The number of nitrogens with zero attached hydrogens (tertiary/aromatic N) is 3. The summed E-state index contributed by atoms with van der Waals surface area (Å²) in [5.41, 5.74) is 1.16. The first kappa shape index (κ1) is 20.2. The monoisotopic (exact) mass is 431 g/mol. The van der Waals surface area contributed by atoms with Gasteiger partial charge in [-0.05, 0) is 38.0 Å². The van der Waals surface area contributed by atoms with Crippen LogP contribution >= 0.6 is 0 Å². The first-order valence-electron chi connectivity index (χ1n) is 11.0. The number of fused-ring (bicyclic) bond motifs is 2. The smallest absolute Gasteiger partial charge is 0.274 e. The average Bonchev–Trinajstić information content (AvgIpc) is 2.81. The third-order valence-electron chi connectivity index (χ3n) is 6.31. The van der Waals surface area contributed by atoms with Crippen molar-refractivity contribution >= 4 is 28.3 Å². The number of hydrogen-bond acceptors (Lipinski definition) is 5. The van der Waals surface area contributed by atoms with E-state index >= 15 is 0 Å². The van der Waals surface area contributed by atoms with Gasteiger partial charge in [0.15, 0.2) is 0 Å². The van der Waals surface area contributed by atoms with Crippen LogP contribution in [0.1, 0.15) is 35.8 Å². The van der Waals surface area contributed by atoms with Crippen molar-refractivity contribution in [2.75, 3.05) is 18.4 Å². The molecular weight excluding hydrogens is 406 g/mol. The zero-order chi connectivity index (χ0) is 22.3. The maximum absolute atomic E-state index is 13.3. The van der Waals surface area contributed by atoms with E-state index in [2.05, 4.69) is 15.7 Å². The maximum Gasteiger partial charge on any atom is 0.274 e. The summed E-state index contributed by atoms with van der Waals surface area (Å²) in [4.78, 5) is 40.4. The number of benzene rings is 2. The number of likely N-dealkylation sites (tertiary alicyclic amines) is 1. The Balaban J connectivity index is 1.41. The molecular formula is C24H25N5O3. The number of carbonyl (C=O) groups excluding carboxylic acids is 2. The second kappa shape index (κ2) is 7.78. The van der Waals surface area contributed by atoms with Crippen LogP contribution in [0.15, 0.2) is 53.3 Å². The Morgan fingerprint density at radius 3 is 2.62 bits per heavy atom. The van der Waals surface area contributed by atoms with Crippen molar-refractivity contribution in [3.63, 3.8) is 0 Å². The summed E-state index contributed by atoms with van der Waals surface area (Å²) in [7, 11) is 0. The molecule has 0 bridgehead atoms. The van der Waals surface area contributed by atoms with Crippen LogP contribution in [0.4, 0.5) is 5.69 Å². The van der Waals surface area contributed by atoms with E-state index < -0.39 is 5.66 Å². The molecule has 1 atom stereocenters. The van der Waals surface area contributed by atoms with Gasteiger partial charge in [0.1, 0.15) is 5.66 Å². The second-order valence-electron chi connectivity index (χ2n) is 8.42. The molecule has 1 aromatic heterocycles. The average molecular weight is 431 g/mol. The molecule has 0 aliphatic carbocycles. The number of rotatable bonds is 3. The van der Waals surface area contributed by atoms with Gasteiger partial charge >= 0.3 is 0 Å². The maximum atomic E-state index is 13.3. The topological polar surface area (TPSA) is 96.3 Å². The van der Waals surface area contributed by atoms with Crippen LogP contribution in [0.2, 0.25) is 0 Å². The van der Waals surface area contributed by atoms with Crippen LogP contribution < -0.4 is 16.2 Å². The molecule has 8 nitrogen and oxygen atoms in total. The minimum absolute atomic E-state index is 0.0714. The van der Waals surface area contributed by atoms with Gasteiger partial charge in [-0.2, -0.15) is 5.10 Å². The molecule has 0 saturated carbocycles. The fourth-order valence-corrected chi connectivity index (χ4v) is 4.74. The van der Waals surface area contributed by atoms with Crippen LogP contribution in [-0.2, 0) is 17.8 Å². The molecule has 2 aliphatic heterocycles. The van der Waals surface area contributed by atoms with Gasteiger partial charge in [0.05, 0.1) is 29.6 Å². The highest BCUT2D eigenvalue weighted by atomic mass is 16.2. The lowest BCUT2D eigenvalue weighted by Gasteiger charge is -2.46. The van der Waals surface area contributed by atoms with E-state index in [1.807, 2.05) is 43.3 Å². The number of aryl methyl sites for hydroxylation is 1. The SMILES string of the molecule is CCn1nc(CC(=O)N2CCCC3(C2)NC(=O)c2ccccc2N3)c2ccccc2c1=O. The number of hydrogen-bond donors (Lipinski definition) is 2. The van der Waals surface area contributed by atoms with E-state index in [0.717, 1.165) is 18.5 Å². The van der Waals surface area contributed by atoms with Crippen molar-refractivity contribution in [3.8, 4) is 0 Å². The quantitative estimate of drug-likeness (QED) is 0.662. The number of piperidine rings is 1. The molecule has 32 heavy (non-hydrogen) atoms. The minimum atomic E-state index is -0.683. The van der Waals surface area contributed by atoms with E-state index in [4.69, 9.17) is 0 Å².